The van der Waals surface area contributed by atoms with Gasteiger partial charge in [-0.05, 0) is 49.2 Å². The number of rotatable bonds is 3. The van der Waals surface area contributed by atoms with E-state index in [0.29, 0.717) is 0 Å². The first-order chi connectivity index (χ1) is 10.0. The first kappa shape index (κ1) is 14.6. The summed E-state index contributed by atoms with van der Waals surface area (Å²) in [7, 11) is 1.86. The topological polar surface area (TPSA) is 57.8 Å². The fourth-order valence-corrected chi connectivity index (χ4v) is 1.98. The van der Waals surface area contributed by atoms with Crippen molar-refractivity contribution in [1.82, 2.24) is 4.57 Å². The van der Waals surface area contributed by atoms with E-state index in [1.54, 1.807) is 6.08 Å². The predicted molar refractivity (Wildman–Crippen MR) is 83.5 cm³/mol. The first-order valence-electron chi connectivity index (χ1n) is 6.63. The van der Waals surface area contributed by atoms with Crippen LogP contribution >= 0.6 is 0 Å². The van der Waals surface area contributed by atoms with Gasteiger partial charge >= 0.3 is 0 Å². The van der Waals surface area contributed by atoms with Gasteiger partial charge in [-0.1, -0.05) is 12.1 Å². The van der Waals surface area contributed by atoms with Crippen LogP contribution in [0.3, 0.4) is 0 Å². The molecular weight excluding hydrogens is 262 g/mol. The Morgan fingerprint density at radius 1 is 1.33 bits per heavy atom. The number of nitrogens with zero attached hydrogens (tertiary/aromatic N) is 2. The fraction of sp³-hybridized carbons (Fsp3) is 0.176. The molecular formula is C17H17N3O. The maximum atomic E-state index is 12.2. The summed E-state index contributed by atoms with van der Waals surface area (Å²) in [5.74, 6) is -0.396. The predicted octanol–water partition coefficient (Wildman–Crippen LogP) is 3.19. The lowest BCUT2D eigenvalue weighted by Gasteiger charge is -2.09. The zero-order chi connectivity index (χ0) is 15.4. The van der Waals surface area contributed by atoms with Crippen LogP contribution in [0, 0.1) is 25.2 Å². The lowest BCUT2D eigenvalue weighted by molar-refractivity contribution is -0.112. The summed E-state index contributed by atoms with van der Waals surface area (Å²) in [5, 5.41) is 12.0. The molecule has 4 nitrogen and oxygen atoms in total. The molecule has 0 spiro atoms. The van der Waals surface area contributed by atoms with Crippen LogP contribution in [0.25, 0.3) is 6.08 Å². The van der Waals surface area contributed by atoms with E-state index in [2.05, 4.69) is 5.32 Å². The molecule has 1 N–H and O–H groups in total. The average Bonchev–Trinajstić information content (AvgIpc) is 2.85. The Labute approximate surface area is 124 Å². The number of carbonyl (C=O) groups excluding carboxylic acids is 1. The molecule has 0 radical (unpaired) electrons. The van der Waals surface area contributed by atoms with Gasteiger partial charge in [0.15, 0.2) is 0 Å². The SMILES string of the molecule is Cc1ccc(C)c(NC(=O)/C(C#N)=C\c2cccn2C)c1. The molecule has 0 unspecified atom stereocenters. The van der Waals surface area contributed by atoms with Crippen LogP contribution in [0.2, 0.25) is 0 Å². The monoisotopic (exact) mass is 279 g/mol. The van der Waals surface area contributed by atoms with Crippen molar-refractivity contribution in [2.75, 3.05) is 5.32 Å². The van der Waals surface area contributed by atoms with E-state index in [9.17, 15) is 10.1 Å². The molecule has 0 aliphatic heterocycles. The van der Waals surface area contributed by atoms with Gasteiger partial charge in [-0.25, -0.2) is 0 Å². The van der Waals surface area contributed by atoms with Crippen molar-refractivity contribution in [3.05, 3.63) is 58.9 Å². The molecule has 2 rings (SSSR count). The third kappa shape index (κ3) is 3.40. The van der Waals surface area contributed by atoms with Crippen LogP contribution in [0.1, 0.15) is 16.8 Å². The smallest absolute Gasteiger partial charge is 0.266 e. The Morgan fingerprint density at radius 2 is 2.10 bits per heavy atom. The molecule has 0 fully saturated rings. The van der Waals surface area contributed by atoms with Crippen molar-refractivity contribution in [3.8, 4) is 6.07 Å². The number of nitrogens with one attached hydrogen (secondary N) is 1. The number of nitriles is 1. The van der Waals surface area contributed by atoms with Crippen LogP contribution in [-0.2, 0) is 11.8 Å². The van der Waals surface area contributed by atoms with Gasteiger partial charge in [0.1, 0.15) is 11.6 Å². The van der Waals surface area contributed by atoms with E-state index in [-0.39, 0.29) is 5.57 Å². The van der Waals surface area contributed by atoms with Crippen LogP contribution in [0.15, 0.2) is 42.1 Å². The summed E-state index contributed by atoms with van der Waals surface area (Å²) in [5.41, 5.74) is 3.64. The highest BCUT2D eigenvalue weighted by molar-refractivity contribution is 6.09. The van der Waals surface area contributed by atoms with E-state index in [1.807, 2.05) is 68.1 Å². The Morgan fingerprint density at radius 3 is 2.71 bits per heavy atom. The van der Waals surface area contributed by atoms with Gasteiger partial charge in [-0.3, -0.25) is 4.79 Å². The number of hydrogen-bond donors (Lipinski definition) is 1. The van der Waals surface area contributed by atoms with Crippen LogP contribution in [-0.4, -0.2) is 10.5 Å². The maximum Gasteiger partial charge on any atom is 0.266 e. The largest absolute Gasteiger partial charge is 0.351 e. The number of carbonyl (C=O) groups is 1. The number of hydrogen-bond acceptors (Lipinski definition) is 2. The third-order valence-corrected chi connectivity index (χ3v) is 3.28. The quantitative estimate of drug-likeness (QED) is 0.693. The Bertz CT molecular complexity index is 748. The van der Waals surface area contributed by atoms with Crippen molar-refractivity contribution >= 4 is 17.7 Å². The molecule has 0 bridgehead atoms. The second kappa shape index (κ2) is 6.10. The molecule has 0 saturated carbocycles. The van der Waals surface area contributed by atoms with E-state index in [1.165, 1.54) is 0 Å². The number of benzene rings is 1. The molecule has 1 heterocycles. The summed E-state index contributed by atoms with van der Waals surface area (Å²) in [6.07, 6.45) is 3.45. The summed E-state index contributed by atoms with van der Waals surface area (Å²) < 4.78 is 1.85. The maximum absolute atomic E-state index is 12.2. The van der Waals surface area contributed by atoms with Crippen LogP contribution < -0.4 is 5.32 Å². The van der Waals surface area contributed by atoms with Gasteiger partial charge in [0.05, 0.1) is 0 Å². The number of amides is 1. The van der Waals surface area contributed by atoms with Crippen molar-refractivity contribution < 1.29 is 4.79 Å². The second-order valence-corrected chi connectivity index (χ2v) is 4.99. The summed E-state index contributed by atoms with van der Waals surface area (Å²) in [6.45, 7) is 3.88. The van der Waals surface area contributed by atoms with Gasteiger partial charge in [0.25, 0.3) is 5.91 Å². The van der Waals surface area contributed by atoms with Gasteiger partial charge in [0.2, 0.25) is 0 Å². The standard InChI is InChI=1S/C17H17N3O/c1-12-6-7-13(2)16(9-12)19-17(21)14(11-18)10-15-5-4-8-20(15)3/h4-10H,1-3H3,(H,19,21)/b14-10-. The van der Waals surface area contributed by atoms with Gasteiger partial charge < -0.3 is 9.88 Å². The first-order valence-corrected chi connectivity index (χ1v) is 6.63. The van der Waals surface area contributed by atoms with Crippen LogP contribution in [0.4, 0.5) is 5.69 Å². The molecule has 2 aromatic rings. The summed E-state index contributed by atoms with van der Waals surface area (Å²) >= 11 is 0. The van der Waals surface area contributed by atoms with Gasteiger partial charge in [-0.2, -0.15) is 5.26 Å². The third-order valence-electron chi connectivity index (χ3n) is 3.28. The summed E-state index contributed by atoms with van der Waals surface area (Å²) in [4.78, 5) is 12.2. The van der Waals surface area contributed by atoms with E-state index in [4.69, 9.17) is 0 Å². The highest BCUT2D eigenvalue weighted by atomic mass is 16.1. The highest BCUT2D eigenvalue weighted by Crippen LogP contribution is 2.17. The number of aryl methyl sites for hydroxylation is 3. The van der Waals surface area contributed by atoms with Gasteiger partial charge in [-0.15, -0.1) is 0 Å². The normalized spacial score (nSPS) is 11.0. The lowest BCUT2D eigenvalue weighted by Crippen LogP contribution is -2.14. The Kier molecular flexibility index (Phi) is 4.24. The van der Waals surface area contributed by atoms with Crippen molar-refractivity contribution in [2.24, 2.45) is 7.05 Å². The van der Waals surface area contributed by atoms with E-state index < -0.39 is 5.91 Å². The van der Waals surface area contributed by atoms with Crippen molar-refractivity contribution in [3.63, 3.8) is 0 Å². The minimum absolute atomic E-state index is 0.0812. The molecule has 0 aliphatic rings. The van der Waals surface area contributed by atoms with Gasteiger partial charge in [0, 0.05) is 24.6 Å². The van der Waals surface area contributed by atoms with Crippen LogP contribution in [0.5, 0.6) is 0 Å². The zero-order valence-corrected chi connectivity index (χ0v) is 12.3. The van der Waals surface area contributed by atoms with Crippen molar-refractivity contribution in [1.29, 1.82) is 5.26 Å². The van der Waals surface area contributed by atoms with E-state index in [0.717, 1.165) is 22.5 Å². The Balaban J connectivity index is 2.26. The number of anilines is 1. The fourth-order valence-electron chi connectivity index (χ4n) is 1.98. The van der Waals surface area contributed by atoms with E-state index >= 15 is 0 Å². The molecule has 106 valence electrons. The molecule has 1 amide bonds. The molecule has 1 aromatic carbocycles. The molecule has 21 heavy (non-hydrogen) atoms. The second-order valence-electron chi connectivity index (χ2n) is 4.99. The lowest BCUT2D eigenvalue weighted by atomic mass is 10.1. The average molecular weight is 279 g/mol. The molecule has 0 saturated heterocycles. The molecule has 1 aromatic heterocycles. The minimum atomic E-state index is -0.396. The zero-order valence-electron chi connectivity index (χ0n) is 12.3. The Hall–Kier alpha value is -2.80. The molecule has 0 atom stereocenters. The minimum Gasteiger partial charge on any atom is -0.351 e. The number of aromatic nitrogens is 1. The van der Waals surface area contributed by atoms with Crippen molar-refractivity contribution in [2.45, 2.75) is 13.8 Å². The highest BCUT2D eigenvalue weighted by Gasteiger charge is 2.11. The summed E-state index contributed by atoms with van der Waals surface area (Å²) in [6, 6.07) is 11.5. The molecule has 4 heteroatoms. The molecule has 0 aliphatic carbocycles.